The van der Waals surface area contributed by atoms with E-state index in [1.807, 2.05) is 19.2 Å². The zero-order chi connectivity index (χ0) is 13.8. The van der Waals surface area contributed by atoms with Gasteiger partial charge in [0.2, 0.25) is 0 Å². The van der Waals surface area contributed by atoms with Crippen LogP contribution in [0.5, 0.6) is 0 Å². The van der Waals surface area contributed by atoms with E-state index in [-0.39, 0.29) is 0 Å². The molecule has 0 spiro atoms. The van der Waals surface area contributed by atoms with Crippen molar-refractivity contribution in [2.24, 2.45) is 0 Å². The molecule has 4 nitrogen and oxygen atoms in total. The Hall–Kier alpha value is -1.30. The molecule has 0 saturated carbocycles. The standard InChI is InChI=1S/C12H12Cl2N4S/c1-2-18-4-3-11(17-18)16-12(19)15-10-6-8(13)5-9(14)7-10/h3-7H,2H2,1H3,(H2,15,16,17,19). The maximum atomic E-state index is 5.91. The minimum absolute atomic E-state index is 0.430. The highest BCUT2D eigenvalue weighted by molar-refractivity contribution is 7.80. The third-order valence-electron chi connectivity index (χ3n) is 2.33. The predicted molar refractivity (Wildman–Crippen MR) is 84.2 cm³/mol. The maximum Gasteiger partial charge on any atom is 0.176 e. The number of thiocarbonyl (C=S) groups is 1. The SMILES string of the molecule is CCn1ccc(NC(=S)Nc2cc(Cl)cc(Cl)c2)n1. The van der Waals surface area contributed by atoms with E-state index in [4.69, 9.17) is 35.4 Å². The van der Waals surface area contributed by atoms with Crippen molar-refractivity contribution >= 4 is 52.0 Å². The van der Waals surface area contributed by atoms with E-state index in [0.29, 0.717) is 21.0 Å². The van der Waals surface area contributed by atoms with Crippen LogP contribution in [0.25, 0.3) is 0 Å². The van der Waals surface area contributed by atoms with Crippen LogP contribution in [-0.2, 0) is 6.54 Å². The van der Waals surface area contributed by atoms with Crippen molar-refractivity contribution in [2.75, 3.05) is 10.6 Å². The average Bonchev–Trinajstić information content (AvgIpc) is 2.74. The highest BCUT2D eigenvalue weighted by Gasteiger charge is 2.03. The largest absolute Gasteiger partial charge is 0.332 e. The summed E-state index contributed by atoms with van der Waals surface area (Å²) in [5.41, 5.74) is 0.727. The summed E-state index contributed by atoms with van der Waals surface area (Å²) in [6, 6.07) is 6.99. The Morgan fingerprint density at radius 1 is 1.26 bits per heavy atom. The molecule has 1 aromatic heterocycles. The number of hydrogen-bond acceptors (Lipinski definition) is 2. The van der Waals surface area contributed by atoms with Crippen molar-refractivity contribution in [3.8, 4) is 0 Å². The summed E-state index contributed by atoms with van der Waals surface area (Å²) in [6.45, 7) is 2.83. The summed E-state index contributed by atoms with van der Waals surface area (Å²) in [7, 11) is 0. The molecule has 2 aromatic rings. The second-order valence-corrected chi connectivity index (χ2v) is 5.08. The molecule has 100 valence electrons. The van der Waals surface area contributed by atoms with Gasteiger partial charge in [-0.2, -0.15) is 5.10 Å². The average molecular weight is 315 g/mol. The van der Waals surface area contributed by atoms with Crippen LogP contribution in [0.3, 0.4) is 0 Å². The second kappa shape index (κ2) is 6.23. The normalized spacial score (nSPS) is 10.3. The van der Waals surface area contributed by atoms with Crippen molar-refractivity contribution in [1.82, 2.24) is 9.78 Å². The first kappa shape index (κ1) is 14.1. The number of rotatable bonds is 3. The molecule has 0 radical (unpaired) electrons. The zero-order valence-electron chi connectivity index (χ0n) is 10.2. The van der Waals surface area contributed by atoms with Crippen LogP contribution >= 0.6 is 35.4 Å². The highest BCUT2D eigenvalue weighted by atomic mass is 35.5. The molecule has 0 amide bonds. The summed E-state index contributed by atoms with van der Waals surface area (Å²) in [5.74, 6) is 0.687. The van der Waals surface area contributed by atoms with E-state index in [1.54, 1.807) is 22.9 Å². The zero-order valence-corrected chi connectivity index (χ0v) is 12.5. The Morgan fingerprint density at radius 3 is 2.53 bits per heavy atom. The number of benzene rings is 1. The van der Waals surface area contributed by atoms with Gasteiger partial charge in [0.05, 0.1) is 0 Å². The molecule has 0 aliphatic heterocycles. The van der Waals surface area contributed by atoms with E-state index in [2.05, 4.69) is 15.7 Å². The lowest BCUT2D eigenvalue weighted by Gasteiger charge is -2.09. The Kier molecular flexibility index (Phi) is 4.63. The van der Waals surface area contributed by atoms with Gasteiger partial charge in [-0.25, -0.2) is 0 Å². The molecular formula is C12H12Cl2N4S. The third kappa shape index (κ3) is 4.09. The molecule has 0 unspecified atom stereocenters. The third-order valence-corrected chi connectivity index (χ3v) is 2.97. The first-order valence-electron chi connectivity index (χ1n) is 5.64. The number of anilines is 2. The summed E-state index contributed by atoms with van der Waals surface area (Å²) in [6.07, 6.45) is 1.88. The summed E-state index contributed by atoms with van der Waals surface area (Å²) in [5, 5.41) is 11.8. The summed E-state index contributed by atoms with van der Waals surface area (Å²) >= 11 is 17.0. The molecule has 19 heavy (non-hydrogen) atoms. The quantitative estimate of drug-likeness (QED) is 0.840. The molecule has 1 heterocycles. The Morgan fingerprint density at radius 2 is 1.95 bits per heavy atom. The van der Waals surface area contributed by atoms with Crippen LogP contribution in [0, 0.1) is 0 Å². The summed E-state index contributed by atoms with van der Waals surface area (Å²) < 4.78 is 1.81. The van der Waals surface area contributed by atoms with Crippen LogP contribution in [0.1, 0.15) is 6.92 Å². The number of nitrogens with one attached hydrogen (secondary N) is 2. The lowest BCUT2D eigenvalue weighted by molar-refractivity contribution is 0.662. The molecule has 0 bridgehead atoms. The fourth-order valence-electron chi connectivity index (χ4n) is 1.51. The van der Waals surface area contributed by atoms with Gasteiger partial charge in [-0.15, -0.1) is 0 Å². The van der Waals surface area contributed by atoms with Gasteiger partial charge in [-0.05, 0) is 37.3 Å². The molecule has 2 rings (SSSR count). The van der Waals surface area contributed by atoms with Gasteiger partial charge in [-0.1, -0.05) is 23.2 Å². The predicted octanol–water partition coefficient (Wildman–Crippen LogP) is 4.02. The van der Waals surface area contributed by atoms with Crippen LogP contribution in [0.4, 0.5) is 11.5 Å². The van der Waals surface area contributed by atoms with Crippen LogP contribution < -0.4 is 10.6 Å². The van der Waals surface area contributed by atoms with E-state index in [1.165, 1.54) is 0 Å². The summed E-state index contributed by atoms with van der Waals surface area (Å²) in [4.78, 5) is 0. The number of aromatic nitrogens is 2. The van der Waals surface area contributed by atoms with Crippen LogP contribution in [0.15, 0.2) is 30.5 Å². The molecule has 1 aromatic carbocycles. The first-order chi connectivity index (χ1) is 9.06. The highest BCUT2D eigenvalue weighted by Crippen LogP contribution is 2.22. The topological polar surface area (TPSA) is 41.9 Å². The minimum atomic E-state index is 0.430. The van der Waals surface area contributed by atoms with Crippen molar-refractivity contribution in [2.45, 2.75) is 13.5 Å². The Bertz CT molecular complexity index is 577. The van der Waals surface area contributed by atoms with Gasteiger partial charge < -0.3 is 10.6 Å². The van der Waals surface area contributed by atoms with E-state index < -0.39 is 0 Å². The van der Waals surface area contributed by atoms with Crippen LogP contribution in [0.2, 0.25) is 10.0 Å². The van der Waals surface area contributed by atoms with E-state index in [0.717, 1.165) is 12.2 Å². The van der Waals surface area contributed by atoms with Gasteiger partial charge in [0.1, 0.15) is 0 Å². The molecule has 2 N–H and O–H groups in total. The lowest BCUT2D eigenvalue weighted by Crippen LogP contribution is -2.19. The van der Waals surface area contributed by atoms with Gasteiger partial charge in [0, 0.05) is 34.5 Å². The smallest absolute Gasteiger partial charge is 0.176 e. The molecule has 0 aliphatic carbocycles. The Balaban J connectivity index is 2.00. The number of halogens is 2. The second-order valence-electron chi connectivity index (χ2n) is 3.79. The maximum absolute atomic E-state index is 5.91. The fourth-order valence-corrected chi connectivity index (χ4v) is 2.26. The molecule has 0 fully saturated rings. The van der Waals surface area contributed by atoms with Crippen molar-refractivity contribution in [3.05, 3.63) is 40.5 Å². The van der Waals surface area contributed by atoms with Crippen LogP contribution in [-0.4, -0.2) is 14.9 Å². The van der Waals surface area contributed by atoms with Crippen molar-refractivity contribution in [3.63, 3.8) is 0 Å². The molecular weight excluding hydrogens is 303 g/mol. The Labute approximate surface area is 126 Å². The molecule has 0 atom stereocenters. The number of aryl methyl sites for hydroxylation is 1. The van der Waals surface area contributed by atoms with Gasteiger partial charge in [-0.3, -0.25) is 4.68 Å². The molecule has 0 aliphatic rings. The van der Waals surface area contributed by atoms with Gasteiger partial charge in [0.25, 0.3) is 0 Å². The molecule has 7 heteroatoms. The van der Waals surface area contributed by atoms with Crippen molar-refractivity contribution < 1.29 is 0 Å². The van der Waals surface area contributed by atoms with Gasteiger partial charge in [0.15, 0.2) is 10.9 Å². The number of hydrogen-bond donors (Lipinski definition) is 2. The monoisotopic (exact) mass is 314 g/mol. The van der Waals surface area contributed by atoms with E-state index >= 15 is 0 Å². The first-order valence-corrected chi connectivity index (χ1v) is 6.81. The van der Waals surface area contributed by atoms with Crippen molar-refractivity contribution in [1.29, 1.82) is 0 Å². The molecule has 0 saturated heterocycles. The van der Waals surface area contributed by atoms with E-state index in [9.17, 15) is 0 Å². The lowest BCUT2D eigenvalue weighted by atomic mass is 10.3. The minimum Gasteiger partial charge on any atom is -0.332 e. The number of nitrogens with zero attached hydrogens (tertiary/aromatic N) is 2. The van der Waals surface area contributed by atoms with Gasteiger partial charge >= 0.3 is 0 Å². The fraction of sp³-hybridized carbons (Fsp3) is 0.167.